The van der Waals surface area contributed by atoms with E-state index in [1.165, 1.54) is 0 Å². The largest absolute Gasteiger partial charge is 0.444 e. The van der Waals surface area contributed by atoms with Crippen molar-refractivity contribution in [2.24, 2.45) is 0 Å². The Morgan fingerprint density at radius 2 is 1.52 bits per heavy atom. The van der Waals surface area contributed by atoms with Crippen LogP contribution in [-0.2, 0) is 16.0 Å². The summed E-state index contributed by atoms with van der Waals surface area (Å²) in [6.45, 7) is 5.25. The zero-order valence-electron chi connectivity index (χ0n) is 16.7. The van der Waals surface area contributed by atoms with Crippen LogP contribution < -0.4 is 5.32 Å². The highest BCUT2D eigenvalue weighted by atomic mass is 16.7. The summed E-state index contributed by atoms with van der Waals surface area (Å²) in [5, 5.41) is 3.51. The number of imide groups is 1. The summed E-state index contributed by atoms with van der Waals surface area (Å²) in [6.07, 6.45) is -0.145. The molecule has 2 aromatic carbocycles. The summed E-state index contributed by atoms with van der Waals surface area (Å²) in [5.74, 6) is -1.03. The number of hydrogen-bond donors (Lipinski definition) is 1. The van der Waals surface area contributed by atoms with Crippen LogP contribution in [0.3, 0.4) is 0 Å². The molecule has 7 nitrogen and oxygen atoms in total. The molecule has 1 N–H and O–H groups in total. The van der Waals surface area contributed by atoms with Gasteiger partial charge in [-0.2, -0.15) is 0 Å². The van der Waals surface area contributed by atoms with E-state index >= 15 is 0 Å². The molecular weight excluding hydrogens is 372 g/mol. The van der Waals surface area contributed by atoms with Gasteiger partial charge in [-0.1, -0.05) is 42.5 Å². The van der Waals surface area contributed by atoms with Gasteiger partial charge in [0.2, 0.25) is 0 Å². The molecule has 0 spiro atoms. The van der Waals surface area contributed by atoms with E-state index in [0.717, 1.165) is 10.6 Å². The number of nitrogens with zero attached hydrogens (tertiary/aromatic N) is 1. The topological polar surface area (TPSA) is 84.9 Å². The first-order chi connectivity index (χ1) is 13.7. The minimum Gasteiger partial charge on any atom is -0.444 e. The first-order valence-electron chi connectivity index (χ1n) is 9.39. The summed E-state index contributed by atoms with van der Waals surface area (Å²) in [5.41, 5.74) is 0.930. The number of carbonyl (C=O) groups excluding carboxylic acids is 3. The lowest BCUT2D eigenvalue weighted by molar-refractivity contribution is -0.0975. The van der Waals surface area contributed by atoms with Crippen LogP contribution in [0.4, 0.5) is 4.79 Å². The van der Waals surface area contributed by atoms with Crippen molar-refractivity contribution in [3.63, 3.8) is 0 Å². The number of benzene rings is 2. The monoisotopic (exact) mass is 396 g/mol. The molecule has 3 amide bonds. The van der Waals surface area contributed by atoms with Gasteiger partial charge in [-0.25, -0.2) is 4.79 Å². The summed E-state index contributed by atoms with van der Waals surface area (Å²) in [7, 11) is 0. The average molecular weight is 396 g/mol. The predicted molar refractivity (Wildman–Crippen MR) is 106 cm³/mol. The molecule has 1 heterocycles. The fraction of sp³-hybridized carbons (Fsp3) is 0.318. The van der Waals surface area contributed by atoms with E-state index in [1.54, 1.807) is 45.0 Å². The Kier molecular flexibility index (Phi) is 5.98. The van der Waals surface area contributed by atoms with Gasteiger partial charge in [-0.3, -0.25) is 14.4 Å². The minimum atomic E-state index is -0.648. The third kappa shape index (κ3) is 5.20. The number of fused-ring (bicyclic) bond motifs is 1. The van der Waals surface area contributed by atoms with Gasteiger partial charge in [0.05, 0.1) is 23.8 Å². The maximum absolute atomic E-state index is 12.5. The molecule has 0 fully saturated rings. The molecule has 1 aliphatic rings. The molecule has 0 saturated carbocycles. The molecular formula is C22H24N2O5. The number of rotatable bonds is 6. The Bertz CT molecular complexity index is 870. The average Bonchev–Trinajstić information content (AvgIpc) is 2.90. The van der Waals surface area contributed by atoms with Gasteiger partial charge in [-0.15, -0.1) is 5.06 Å². The van der Waals surface area contributed by atoms with Crippen LogP contribution >= 0.6 is 0 Å². The van der Waals surface area contributed by atoms with Crippen molar-refractivity contribution in [1.29, 1.82) is 0 Å². The van der Waals surface area contributed by atoms with E-state index in [1.807, 2.05) is 30.3 Å². The van der Waals surface area contributed by atoms with Crippen LogP contribution in [0, 0.1) is 0 Å². The van der Waals surface area contributed by atoms with Crippen LogP contribution in [0.1, 0.15) is 47.1 Å². The second kappa shape index (κ2) is 8.45. The number of hydrogen-bond acceptors (Lipinski definition) is 5. The molecule has 1 aliphatic heterocycles. The third-order valence-corrected chi connectivity index (χ3v) is 4.21. The summed E-state index contributed by atoms with van der Waals surface area (Å²) < 4.78 is 5.32. The van der Waals surface area contributed by atoms with E-state index in [4.69, 9.17) is 9.57 Å². The molecule has 152 valence electrons. The first-order valence-corrected chi connectivity index (χ1v) is 9.39. The van der Waals surface area contributed by atoms with Crippen molar-refractivity contribution >= 4 is 17.9 Å². The van der Waals surface area contributed by atoms with Crippen molar-refractivity contribution in [2.75, 3.05) is 6.61 Å². The Morgan fingerprint density at radius 1 is 0.966 bits per heavy atom. The molecule has 1 unspecified atom stereocenters. The van der Waals surface area contributed by atoms with Gasteiger partial charge in [0.1, 0.15) is 5.60 Å². The Morgan fingerprint density at radius 3 is 2.07 bits per heavy atom. The zero-order valence-corrected chi connectivity index (χ0v) is 16.7. The number of ether oxygens (including phenoxy) is 1. The molecule has 0 radical (unpaired) electrons. The lowest BCUT2D eigenvalue weighted by Gasteiger charge is -2.24. The number of nitrogens with one attached hydrogen (secondary N) is 1. The molecule has 2 aromatic rings. The Labute approximate surface area is 169 Å². The predicted octanol–water partition coefficient (Wildman–Crippen LogP) is 3.35. The summed E-state index contributed by atoms with van der Waals surface area (Å²) in [4.78, 5) is 42.7. The molecule has 0 saturated heterocycles. The quantitative estimate of drug-likeness (QED) is 0.757. The number of hydroxylamine groups is 2. The van der Waals surface area contributed by atoms with Gasteiger partial charge in [0.25, 0.3) is 11.8 Å². The van der Waals surface area contributed by atoms with Crippen LogP contribution in [0.15, 0.2) is 54.6 Å². The number of amides is 3. The second-order valence-electron chi connectivity index (χ2n) is 7.78. The van der Waals surface area contributed by atoms with Gasteiger partial charge >= 0.3 is 6.09 Å². The first kappa shape index (κ1) is 20.5. The van der Waals surface area contributed by atoms with E-state index in [2.05, 4.69) is 5.32 Å². The van der Waals surface area contributed by atoms with Crippen LogP contribution in [0.25, 0.3) is 0 Å². The van der Waals surface area contributed by atoms with E-state index in [-0.39, 0.29) is 6.61 Å². The summed E-state index contributed by atoms with van der Waals surface area (Å²) in [6, 6.07) is 15.6. The summed E-state index contributed by atoms with van der Waals surface area (Å²) >= 11 is 0. The maximum Gasteiger partial charge on any atom is 0.407 e. The lowest BCUT2D eigenvalue weighted by atomic mass is 10.1. The normalized spacial score (nSPS) is 14.5. The van der Waals surface area contributed by atoms with Crippen molar-refractivity contribution in [3.05, 3.63) is 71.3 Å². The molecule has 29 heavy (non-hydrogen) atoms. The van der Waals surface area contributed by atoms with Gasteiger partial charge < -0.3 is 10.1 Å². The van der Waals surface area contributed by atoms with Crippen LogP contribution in [0.2, 0.25) is 0 Å². The minimum absolute atomic E-state index is 0.0698. The van der Waals surface area contributed by atoms with E-state index in [0.29, 0.717) is 17.5 Å². The van der Waals surface area contributed by atoms with Crippen molar-refractivity contribution in [3.8, 4) is 0 Å². The molecule has 0 aliphatic carbocycles. The van der Waals surface area contributed by atoms with Crippen molar-refractivity contribution in [1.82, 2.24) is 10.4 Å². The fourth-order valence-corrected chi connectivity index (χ4v) is 2.97. The molecule has 7 heteroatoms. The zero-order chi connectivity index (χ0) is 21.0. The third-order valence-electron chi connectivity index (χ3n) is 4.21. The van der Waals surface area contributed by atoms with Crippen LogP contribution in [0.5, 0.6) is 0 Å². The highest BCUT2D eigenvalue weighted by Crippen LogP contribution is 2.22. The Hall–Kier alpha value is -3.19. The smallest absolute Gasteiger partial charge is 0.407 e. The fourth-order valence-electron chi connectivity index (χ4n) is 2.97. The highest BCUT2D eigenvalue weighted by Gasteiger charge is 2.37. The molecule has 0 aromatic heterocycles. The lowest BCUT2D eigenvalue weighted by Crippen LogP contribution is -2.44. The number of alkyl carbamates (subject to hydrolysis) is 1. The van der Waals surface area contributed by atoms with E-state index in [9.17, 15) is 14.4 Å². The van der Waals surface area contributed by atoms with Crippen molar-refractivity contribution in [2.45, 2.75) is 38.8 Å². The van der Waals surface area contributed by atoms with Gasteiger partial charge in [0.15, 0.2) is 0 Å². The molecule has 0 bridgehead atoms. The van der Waals surface area contributed by atoms with Crippen molar-refractivity contribution < 1.29 is 24.0 Å². The molecule has 1 atom stereocenters. The second-order valence-corrected chi connectivity index (χ2v) is 7.78. The highest BCUT2D eigenvalue weighted by molar-refractivity contribution is 6.20. The number of carbonyl (C=O) groups is 3. The molecule has 3 rings (SSSR count). The Balaban J connectivity index is 1.69. The van der Waals surface area contributed by atoms with Gasteiger partial charge in [-0.05, 0) is 44.9 Å². The van der Waals surface area contributed by atoms with Crippen LogP contribution in [-0.4, -0.2) is 41.2 Å². The SMILES string of the molecule is CC(C)(C)OC(=O)NC(CON1C(=O)c2ccccc2C1=O)Cc1ccccc1. The van der Waals surface area contributed by atoms with E-state index < -0.39 is 29.6 Å². The van der Waals surface area contributed by atoms with Gasteiger partial charge in [0, 0.05) is 0 Å². The maximum atomic E-state index is 12.5. The standard InChI is InChI=1S/C22H24N2O5/c1-22(2,3)29-21(27)23-16(13-15-9-5-4-6-10-15)14-28-24-19(25)17-11-7-8-12-18(17)20(24)26/h4-12,16H,13-14H2,1-3H3,(H,23,27).